The molecule has 0 spiro atoms. The molecular formula is C20H29N3O2S. The van der Waals surface area contributed by atoms with Gasteiger partial charge in [-0.3, -0.25) is 14.6 Å². The van der Waals surface area contributed by atoms with E-state index in [-0.39, 0.29) is 17.7 Å². The predicted octanol–water partition coefficient (Wildman–Crippen LogP) is 3.11. The molecule has 1 aromatic heterocycles. The molecule has 1 saturated carbocycles. The van der Waals surface area contributed by atoms with Gasteiger partial charge in [-0.05, 0) is 43.7 Å². The molecule has 142 valence electrons. The molecule has 1 aliphatic heterocycles. The number of amides is 2. The van der Waals surface area contributed by atoms with Crippen molar-refractivity contribution in [3.8, 4) is 0 Å². The summed E-state index contributed by atoms with van der Waals surface area (Å²) in [5.41, 5.74) is 0. The number of thioether (sulfide) groups is 1. The van der Waals surface area contributed by atoms with Gasteiger partial charge in [0.25, 0.3) is 0 Å². The second kappa shape index (κ2) is 9.95. The largest absolute Gasteiger partial charge is 0.356 e. The molecule has 5 nitrogen and oxygen atoms in total. The van der Waals surface area contributed by atoms with Crippen molar-refractivity contribution in [2.75, 3.05) is 25.4 Å². The number of carbonyl (C=O) groups excluding carboxylic acids is 2. The van der Waals surface area contributed by atoms with Crippen molar-refractivity contribution in [2.24, 2.45) is 11.8 Å². The molecule has 1 aliphatic carbocycles. The molecule has 0 unspecified atom stereocenters. The summed E-state index contributed by atoms with van der Waals surface area (Å²) in [5.74, 6) is 1.66. The van der Waals surface area contributed by atoms with Gasteiger partial charge < -0.3 is 10.2 Å². The second-order valence-electron chi connectivity index (χ2n) is 7.38. The van der Waals surface area contributed by atoms with Crippen LogP contribution in [0.1, 0.15) is 44.9 Å². The topological polar surface area (TPSA) is 62.3 Å². The molecule has 2 fully saturated rings. The molecule has 26 heavy (non-hydrogen) atoms. The van der Waals surface area contributed by atoms with Crippen molar-refractivity contribution in [2.45, 2.75) is 49.8 Å². The van der Waals surface area contributed by atoms with Crippen LogP contribution in [0.2, 0.25) is 0 Å². The lowest BCUT2D eigenvalue weighted by molar-refractivity contribution is -0.130. The molecule has 0 atom stereocenters. The normalized spacial score (nSPS) is 19.3. The summed E-state index contributed by atoms with van der Waals surface area (Å²) in [6.07, 6.45) is 11.2. The number of aromatic nitrogens is 1. The third-order valence-corrected chi connectivity index (χ3v) is 6.52. The molecular weight excluding hydrogens is 346 g/mol. The molecule has 3 rings (SSSR count). The zero-order valence-corrected chi connectivity index (χ0v) is 16.2. The Balaban J connectivity index is 1.33. The van der Waals surface area contributed by atoms with Gasteiger partial charge in [-0.25, -0.2) is 0 Å². The minimum absolute atomic E-state index is 0.205. The van der Waals surface area contributed by atoms with E-state index in [1.54, 1.807) is 24.2 Å². The Morgan fingerprint density at radius 3 is 2.46 bits per heavy atom. The number of hydrogen-bond donors (Lipinski definition) is 1. The van der Waals surface area contributed by atoms with Gasteiger partial charge in [-0.1, -0.05) is 19.3 Å². The molecule has 2 heterocycles. The van der Waals surface area contributed by atoms with E-state index in [1.165, 1.54) is 19.3 Å². The quantitative estimate of drug-likeness (QED) is 0.776. The highest BCUT2D eigenvalue weighted by molar-refractivity contribution is 8.00. The van der Waals surface area contributed by atoms with Crippen molar-refractivity contribution < 1.29 is 9.59 Å². The third kappa shape index (κ3) is 5.73. The fourth-order valence-corrected chi connectivity index (χ4v) is 4.60. The van der Waals surface area contributed by atoms with Crippen LogP contribution in [0, 0.1) is 11.8 Å². The zero-order chi connectivity index (χ0) is 18.2. The number of hydrogen-bond acceptors (Lipinski definition) is 4. The van der Waals surface area contributed by atoms with E-state index in [2.05, 4.69) is 10.3 Å². The van der Waals surface area contributed by atoms with Crippen LogP contribution in [0.15, 0.2) is 29.4 Å². The second-order valence-corrected chi connectivity index (χ2v) is 8.42. The van der Waals surface area contributed by atoms with Crippen molar-refractivity contribution >= 4 is 23.6 Å². The first-order valence-corrected chi connectivity index (χ1v) is 10.8. The molecule has 1 aromatic rings. The van der Waals surface area contributed by atoms with E-state index in [0.717, 1.165) is 50.2 Å². The Labute approximate surface area is 160 Å². The Kier molecular flexibility index (Phi) is 7.35. The average molecular weight is 376 g/mol. The number of nitrogens with one attached hydrogen (secondary N) is 1. The van der Waals surface area contributed by atoms with Crippen LogP contribution in [-0.4, -0.2) is 47.1 Å². The minimum atomic E-state index is 0.205. The number of nitrogens with zero attached hydrogens (tertiary/aromatic N) is 2. The van der Waals surface area contributed by atoms with Gasteiger partial charge in [-0.2, -0.15) is 0 Å². The molecule has 1 N–H and O–H groups in total. The monoisotopic (exact) mass is 375 g/mol. The fraction of sp³-hybridized carbons (Fsp3) is 0.650. The predicted molar refractivity (Wildman–Crippen MR) is 104 cm³/mol. The van der Waals surface area contributed by atoms with E-state index in [4.69, 9.17) is 0 Å². The van der Waals surface area contributed by atoms with E-state index in [0.29, 0.717) is 11.7 Å². The van der Waals surface area contributed by atoms with Gasteiger partial charge in [0.05, 0.1) is 5.75 Å². The standard InChI is InChI=1S/C20H29N3O2S/c24-19(15-26-18-6-10-21-11-7-18)23-12-8-16(9-13-23)14-22-20(25)17-4-2-1-3-5-17/h6-7,10-11,16-17H,1-5,8-9,12-15H2,(H,22,25). The number of likely N-dealkylation sites (tertiary alicyclic amines) is 1. The van der Waals surface area contributed by atoms with Gasteiger partial charge in [0.2, 0.25) is 11.8 Å². The van der Waals surface area contributed by atoms with Crippen LogP contribution < -0.4 is 5.32 Å². The summed E-state index contributed by atoms with van der Waals surface area (Å²) in [7, 11) is 0. The summed E-state index contributed by atoms with van der Waals surface area (Å²) >= 11 is 1.56. The molecule has 0 radical (unpaired) electrons. The summed E-state index contributed by atoms with van der Waals surface area (Å²) in [6.45, 7) is 2.38. The van der Waals surface area contributed by atoms with Crippen molar-refractivity contribution in [1.82, 2.24) is 15.2 Å². The highest BCUT2D eigenvalue weighted by atomic mass is 32.2. The third-order valence-electron chi connectivity index (χ3n) is 5.52. The number of piperidine rings is 1. The van der Waals surface area contributed by atoms with Gasteiger partial charge in [0.1, 0.15) is 0 Å². The Bertz CT molecular complexity index is 582. The summed E-state index contributed by atoms with van der Waals surface area (Å²) in [4.78, 5) is 31.7. The van der Waals surface area contributed by atoms with Crippen LogP contribution in [-0.2, 0) is 9.59 Å². The van der Waals surface area contributed by atoms with Crippen LogP contribution in [0.4, 0.5) is 0 Å². The highest BCUT2D eigenvalue weighted by Gasteiger charge is 2.25. The van der Waals surface area contributed by atoms with E-state index < -0.39 is 0 Å². The average Bonchev–Trinajstić information content (AvgIpc) is 2.72. The SMILES string of the molecule is O=C(NCC1CCN(C(=O)CSc2ccncc2)CC1)C1CCCCC1. The molecule has 0 aromatic carbocycles. The first kappa shape index (κ1) is 19.2. The van der Waals surface area contributed by atoms with Crippen molar-refractivity contribution in [1.29, 1.82) is 0 Å². The molecule has 1 saturated heterocycles. The van der Waals surface area contributed by atoms with Crippen molar-refractivity contribution in [3.05, 3.63) is 24.5 Å². The molecule has 2 aliphatic rings. The van der Waals surface area contributed by atoms with Gasteiger partial charge in [-0.15, -0.1) is 11.8 Å². The maximum Gasteiger partial charge on any atom is 0.232 e. The van der Waals surface area contributed by atoms with E-state index in [9.17, 15) is 9.59 Å². The lowest BCUT2D eigenvalue weighted by atomic mass is 9.88. The first-order valence-electron chi connectivity index (χ1n) is 9.80. The summed E-state index contributed by atoms with van der Waals surface area (Å²) < 4.78 is 0. The van der Waals surface area contributed by atoms with Crippen LogP contribution in [0.5, 0.6) is 0 Å². The fourth-order valence-electron chi connectivity index (χ4n) is 3.81. The lowest BCUT2D eigenvalue weighted by Gasteiger charge is -2.32. The Morgan fingerprint density at radius 1 is 1.08 bits per heavy atom. The molecule has 6 heteroatoms. The van der Waals surface area contributed by atoms with Crippen LogP contribution in [0.3, 0.4) is 0 Å². The van der Waals surface area contributed by atoms with Crippen LogP contribution in [0.25, 0.3) is 0 Å². The number of rotatable bonds is 6. The van der Waals surface area contributed by atoms with Gasteiger partial charge in [0.15, 0.2) is 0 Å². The highest BCUT2D eigenvalue weighted by Crippen LogP contribution is 2.24. The van der Waals surface area contributed by atoms with Gasteiger partial charge >= 0.3 is 0 Å². The number of pyridine rings is 1. The first-order chi connectivity index (χ1) is 12.7. The lowest BCUT2D eigenvalue weighted by Crippen LogP contribution is -2.43. The van der Waals surface area contributed by atoms with Crippen molar-refractivity contribution in [3.63, 3.8) is 0 Å². The van der Waals surface area contributed by atoms with Crippen LogP contribution >= 0.6 is 11.8 Å². The zero-order valence-electron chi connectivity index (χ0n) is 15.4. The molecule has 0 bridgehead atoms. The summed E-state index contributed by atoms with van der Waals surface area (Å²) in [6, 6.07) is 3.86. The van der Waals surface area contributed by atoms with E-state index >= 15 is 0 Å². The van der Waals surface area contributed by atoms with Gasteiger partial charge in [0, 0.05) is 42.8 Å². The Hall–Kier alpha value is -1.56. The minimum Gasteiger partial charge on any atom is -0.356 e. The number of carbonyl (C=O) groups is 2. The maximum atomic E-state index is 12.4. The summed E-state index contributed by atoms with van der Waals surface area (Å²) in [5, 5.41) is 3.16. The Morgan fingerprint density at radius 2 is 1.77 bits per heavy atom. The van der Waals surface area contributed by atoms with E-state index in [1.807, 2.05) is 17.0 Å². The smallest absolute Gasteiger partial charge is 0.232 e. The molecule has 2 amide bonds. The maximum absolute atomic E-state index is 12.4.